The van der Waals surface area contributed by atoms with Crippen LogP contribution in [0.25, 0.3) is 0 Å². The number of amides is 1. The van der Waals surface area contributed by atoms with Crippen molar-refractivity contribution in [1.29, 1.82) is 0 Å². The predicted molar refractivity (Wildman–Crippen MR) is 70.0 cm³/mol. The molecule has 1 atom stereocenters. The Balaban J connectivity index is 2.53. The maximum absolute atomic E-state index is 11.8. The van der Waals surface area contributed by atoms with E-state index in [1.807, 2.05) is 0 Å². The molecule has 0 aliphatic rings. The zero-order valence-electron chi connectivity index (χ0n) is 11.5. The summed E-state index contributed by atoms with van der Waals surface area (Å²) in [6.45, 7) is 2.52. The van der Waals surface area contributed by atoms with E-state index in [0.717, 1.165) is 11.8 Å². The smallest absolute Gasteiger partial charge is 0.327 e. The molecular formula is C10H17N5O4S. The van der Waals surface area contributed by atoms with E-state index < -0.39 is 11.2 Å². The van der Waals surface area contributed by atoms with Crippen molar-refractivity contribution >= 4 is 23.6 Å². The van der Waals surface area contributed by atoms with Crippen LogP contribution in [-0.4, -0.2) is 64.7 Å². The highest BCUT2D eigenvalue weighted by molar-refractivity contribution is 8.00. The number of nitrogens with zero attached hydrogens (tertiary/aromatic N) is 4. The number of thioether (sulfide) groups is 1. The molecule has 1 amide bonds. The molecule has 1 unspecified atom stereocenters. The van der Waals surface area contributed by atoms with Crippen molar-refractivity contribution < 1.29 is 19.1 Å². The predicted octanol–water partition coefficient (Wildman–Crippen LogP) is -0.911. The molecule has 112 valence electrons. The van der Waals surface area contributed by atoms with Crippen LogP contribution in [-0.2, 0) is 25.6 Å². The molecule has 0 bridgehead atoms. The van der Waals surface area contributed by atoms with Crippen molar-refractivity contribution in [1.82, 2.24) is 25.5 Å². The summed E-state index contributed by atoms with van der Waals surface area (Å²) in [4.78, 5) is 23.0. The first-order chi connectivity index (χ1) is 9.58. The molecule has 0 aliphatic carbocycles. The lowest BCUT2D eigenvalue weighted by molar-refractivity contribution is -0.141. The molecule has 1 N–H and O–H groups in total. The average Bonchev–Trinajstić information content (AvgIpc) is 2.85. The maximum atomic E-state index is 11.8. The molecule has 0 saturated heterocycles. The molecule has 0 aliphatic heterocycles. The van der Waals surface area contributed by atoms with Gasteiger partial charge in [0.2, 0.25) is 11.1 Å². The number of hydrogen-bond donors (Lipinski definition) is 1. The lowest BCUT2D eigenvalue weighted by atomic mass is 10.4. The molecule has 1 aromatic rings. The largest absolute Gasteiger partial charge is 0.468 e. The third-order valence-corrected chi connectivity index (χ3v) is 3.33. The number of carbonyl (C=O) groups is 2. The number of tetrazole rings is 1. The molecule has 0 spiro atoms. The van der Waals surface area contributed by atoms with Crippen LogP contribution in [0.4, 0.5) is 0 Å². The molecule has 0 fully saturated rings. The third-order valence-electron chi connectivity index (χ3n) is 2.26. The summed E-state index contributed by atoms with van der Waals surface area (Å²) in [5.74, 6) is -0.615. The molecule has 0 radical (unpaired) electrons. The van der Waals surface area contributed by atoms with Gasteiger partial charge in [-0.3, -0.25) is 9.59 Å². The highest BCUT2D eigenvalue weighted by Crippen LogP contribution is 2.19. The Kier molecular flexibility index (Phi) is 6.94. The second-order valence-electron chi connectivity index (χ2n) is 3.74. The van der Waals surface area contributed by atoms with Gasteiger partial charge >= 0.3 is 5.97 Å². The zero-order chi connectivity index (χ0) is 15.0. The van der Waals surface area contributed by atoms with E-state index in [2.05, 4.69) is 25.6 Å². The first-order valence-electron chi connectivity index (χ1n) is 5.84. The number of hydrogen-bond acceptors (Lipinski definition) is 8. The van der Waals surface area contributed by atoms with Crippen molar-refractivity contribution in [2.24, 2.45) is 0 Å². The van der Waals surface area contributed by atoms with Crippen LogP contribution < -0.4 is 5.32 Å². The topological polar surface area (TPSA) is 108 Å². The summed E-state index contributed by atoms with van der Waals surface area (Å²) >= 11 is 1.16. The summed E-state index contributed by atoms with van der Waals surface area (Å²) in [7, 11) is 2.84. The van der Waals surface area contributed by atoms with Gasteiger partial charge in [0.15, 0.2) is 0 Å². The quantitative estimate of drug-likeness (QED) is 0.373. The second kappa shape index (κ2) is 8.48. The van der Waals surface area contributed by atoms with Gasteiger partial charge in [0.25, 0.3) is 0 Å². The highest BCUT2D eigenvalue weighted by atomic mass is 32.2. The molecule has 20 heavy (non-hydrogen) atoms. The Hall–Kier alpha value is -1.68. The van der Waals surface area contributed by atoms with E-state index in [1.54, 1.807) is 14.0 Å². The summed E-state index contributed by atoms with van der Waals surface area (Å²) in [5.41, 5.74) is 0. The molecule has 1 aromatic heterocycles. The zero-order valence-corrected chi connectivity index (χ0v) is 12.3. The fourth-order valence-corrected chi connectivity index (χ4v) is 2.01. The van der Waals surface area contributed by atoms with Crippen LogP contribution in [0.1, 0.15) is 6.92 Å². The number of nitrogens with one attached hydrogen (secondary N) is 1. The lowest BCUT2D eigenvalue weighted by Crippen LogP contribution is -2.33. The molecule has 10 heteroatoms. The first kappa shape index (κ1) is 16.4. The molecule has 0 saturated carbocycles. The van der Waals surface area contributed by atoms with Crippen molar-refractivity contribution in [2.75, 3.05) is 27.4 Å². The normalized spacial score (nSPS) is 11.9. The molecule has 1 heterocycles. The van der Waals surface area contributed by atoms with Crippen molar-refractivity contribution in [3.8, 4) is 0 Å². The van der Waals surface area contributed by atoms with Gasteiger partial charge in [-0.25, -0.2) is 4.68 Å². The van der Waals surface area contributed by atoms with E-state index in [-0.39, 0.29) is 12.5 Å². The first-order valence-corrected chi connectivity index (χ1v) is 6.72. The lowest BCUT2D eigenvalue weighted by Gasteiger charge is -2.11. The standard InChI is InChI=1S/C10H17N5O4S/c1-7(9(17)11-4-5-18-2)20-10-12-13-14-15(10)6-8(16)19-3/h7H,4-6H2,1-3H3,(H,11,17). The maximum Gasteiger partial charge on any atom is 0.327 e. The van der Waals surface area contributed by atoms with E-state index in [9.17, 15) is 9.59 Å². The summed E-state index contributed by atoms with van der Waals surface area (Å²) in [5, 5.41) is 13.6. The van der Waals surface area contributed by atoms with Crippen LogP contribution in [0.15, 0.2) is 5.16 Å². The van der Waals surface area contributed by atoms with Gasteiger partial charge in [-0.2, -0.15) is 0 Å². The Morgan fingerprint density at radius 2 is 2.20 bits per heavy atom. The van der Waals surface area contributed by atoms with E-state index >= 15 is 0 Å². The minimum atomic E-state index is -0.462. The minimum Gasteiger partial charge on any atom is -0.468 e. The van der Waals surface area contributed by atoms with E-state index in [1.165, 1.54) is 11.8 Å². The van der Waals surface area contributed by atoms with Gasteiger partial charge in [0.1, 0.15) is 6.54 Å². The molecule has 0 aromatic carbocycles. The van der Waals surface area contributed by atoms with Crippen LogP contribution in [0.3, 0.4) is 0 Å². The SMILES string of the molecule is COCCNC(=O)C(C)Sc1nnnn1CC(=O)OC. The van der Waals surface area contributed by atoms with Crippen LogP contribution in [0.2, 0.25) is 0 Å². The Bertz CT molecular complexity index is 453. The number of ether oxygens (including phenoxy) is 2. The third kappa shape index (κ3) is 5.13. The van der Waals surface area contributed by atoms with Crippen molar-refractivity contribution in [3.63, 3.8) is 0 Å². The monoisotopic (exact) mass is 303 g/mol. The Morgan fingerprint density at radius 1 is 1.45 bits per heavy atom. The average molecular weight is 303 g/mol. The van der Waals surface area contributed by atoms with Gasteiger partial charge in [0.05, 0.1) is 19.0 Å². The fourth-order valence-electron chi connectivity index (χ4n) is 1.20. The van der Waals surface area contributed by atoms with E-state index in [4.69, 9.17) is 4.74 Å². The fraction of sp³-hybridized carbons (Fsp3) is 0.700. The number of esters is 1. The number of carbonyl (C=O) groups excluding carboxylic acids is 2. The molecular weight excluding hydrogens is 286 g/mol. The van der Waals surface area contributed by atoms with Gasteiger partial charge in [-0.05, 0) is 17.4 Å². The number of rotatable bonds is 8. The Morgan fingerprint density at radius 3 is 2.85 bits per heavy atom. The van der Waals surface area contributed by atoms with Gasteiger partial charge in [0, 0.05) is 13.7 Å². The second-order valence-corrected chi connectivity index (χ2v) is 5.05. The number of aromatic nitrogens is 4. The number of methoxy groups -OCH3 is 2. The van der Waals surface area contributed by atoms with Crippen molar-refractivity contribution in [3.05, 3.63) is 0 Å². The van der Waals surface area contributed by atoms with Gasteiger partial charge in [-0.1, -0.05) is 11.8 Å². The summed E-state index contributed by atoms with van der Waals surface area (Å²) < 4.78 is 10.7. The highest BCUT2D eigenvalue weighted by Gasteiger charge is 2.19. The van der Waals surface area contributed by atoms with Crippen molar-refractivity contribution in [2.45, 2.75) is 23.9 Å². The van der Waals surface area contributed by atoms with Crippen LogP contribution >= 0.6 is 11.8 Å². The van der Waals surface area contributed by atoms with E-state index in [0.29, 0.717) is 18.3 Å². The summed E-state index contributed by atoms with van der Waals surface area (Å²) in [6, 6.07) is 0. The van der Waals surface area contributed by atoms with Crippen LogP contribution in [0, 0.1) is 0 Å². The van der Waals surface area contributed by atoms with Crippen LogP contribution in [0.5, 0.6) is 0 Å². The van der Waals surface area contributed by atoms with Gasteiger partial charge in [-0.15, -0.1) is 5.10 Å². The minimum absolute atomic E-state index is 0.0934. The molecule has 9 nitrogen and oxygen atoms in total. The van der Waals surface area contributed by atoms with Gasteiger partial charge < -0.3 is 14.8 Å². The summed E-state index contributed by atoms with van der Waals surface area (Å²) in [6.07, 6.45) is 0. The molecule has 1 rings (SSSR count). The Labute approximate surface area is 120 Å².